The number of aromatic nitrogens is 2. The molecule has 1 saturated heterocycles. The van der Waals surface area contributed by atoms with E-state index in [2.05, 4.69) is 10.2 Å². The van der Waals surface area contributed by atoms with E-state index in [0.29, 0.717) is 16.1 Å². The zero-order valence-corrected chi connectivity index (χ0v) is 13.7. The molecule has 1 fully saturated rings. The van der Waals surface area contributed by atoms with Gasteiger partial charge in [-0.25, -0.2) is 0 Å². The van der Waals surface area contributed by atoms with Crippen molar-refractivity contribution in [1.29, 1.82) is 0 Å². The predicted molar refractivity (Wildman–Crippen MR) is 85.9 cm³/mol. The summed E-state index contributed by atoms with van der Waals surface area (Å²) in [7, 11) is 0. The maximum Gasteiger partial charge on any atom is 0.277 e. The molecule has 1 aromatic carbocycles. The Bertz CT molecular complexity index is 670. The van der Waals surface area contributed by atoms with Crippen LogP contribution in [0.2, 0.25) is 5.02 Å². The molecule has 0 aliphatic carbocycles. The average Bonchev–Trinajstić information content (AvgIpc) is 3.18. The molecule has 116 valence electrons. The topological polar surface area (TPSA) is 59.2 Å². The van der Waals surface area contributed by atoms with Gasteiger partial charge in [-0.3, -0.25) is 4.79 Å². The van der Waals surface area contributed by atoms with E-state index in [0.717, 1.165) is 31.5 Å². The molecular weight excluding hydrogens is 322 g/mol. The lowest BCUT2D eigenvalue weighted by Gasteiger charge is -2.18. The second kappa shape index (κ2) is 6.71. The quantitative estimate of drug-likeness (QED) is 0.799. The Labute approximate surface area is 138 Å². The molecule has 2 aromatic rings. The molecule has 2 heterocycles. The molecule has 1 aliphatic heterocycles. The number of amides is 1. The number of hydrogen-bond donors (Lipinski definition) is 0. The summed E-state index contributed by atoms with van der Waals surface area (Å²) >= 11 is 7.25. The summed E-state index contributed by atoms with van der Waals surface area (Å²) in [4.78, 5) is 14.2. The fourth-order valence-electron chi connectivity index (χ4n) is 2.39. The first-order valence-corrected chi connectivity index (χ1v) is 8.44. The molecule has 7 heteroatoms. The largest absolute Gasteiger partial charge is 0.411 e. The van der Waals surface area contributed by atoms with Crippen molar-refractivity contribution in [3.05, 3.63) is 29.3 Å². The van der Waals surface area contributed by atoms with E-state index in [1.165, 1.54) is 11.8 Å². The normalized spacial score (nSPS) is 16.0. The summed E-state index contributed by atoms with van der Waals surface area (Å²) < 4.78 is 5.62. The van der Waals surface area contributed by atoms with Crippen molar-refractivity contribution in [2.24, 2.45) is 0 Å². The number of carbonyl (C=O) groups is 1. The number of rotatable bonds is 4. The summed E-state index contributed by atoms with van der Waals surface area (Å²) in [6.07, 6.45) is 2.17. The van der Waals surface area contributed by atoms with Gasteiger partial charge >= 0.3 is 0 Å². The molecule has 3 rings (SSSR count). The van der Waals surface area contributed by atoms with Crippen molar-refractivity contribution >= 4 is 29.3 Å². The Balaban J connectivity index is 1.67. The maximum atomic E-state index is 12.3. The molecule has 22 heavy (non-hydrogen) atoms. The Hall–Kier alpha value is -1.53. The Morgan fingerprint density at radius 2 is 2.14 bits per heavy atom. The SMILES string of the molecule is CC(Sc1nnc(-c2cccc(Cl)c2)o1)C(=O)N1CCCC1. The second-order valence-electron chi connectivity index (χ2n) is 5.18. The average molecular weight is 338 g/mol. The van der Waals surface area contributed by atoms with Crippen molar-refractivity contribution < 1.29 is 9.21 Å². The van der Waals surface area contributed by atoms with Crippen LogP contribution in [0.5, 0.6) is 0 Å². The van der Waals surface area contributed by atoms with E-state index >= 15 is 0 Å². The number of hydrogen-bond acceptors (Lipinski definition) is 5. The highest BCUT2D eigenvalue weighted by molar-refractivity contribution is 8.00. The van der Waals surface area contributed by atoms with Gasteiger partial charge in [0.05, 0.1) is 5.25 Å². The van der Waals surface area contributed by atoms with E-state index in [1.807, 2.05) is 24.0 Å². The molecule has 1 amide bonds. The van der Waals surface area contributed by atoms with Gasteiger partial charge in [0, 0.05) is 23.7 Å². The van der Waals surface area contributed by atoms with E-state index in [-0.39, 0.29) is 11.2 Å². The van der Waals surface area contributed by atoms with Gasteiger partial charge in [-0.05, 0) is 38.0 Å². The van der Waals surface area contributed by atoms with Crippen LogP contribution in [0.4, 0.5) is 0 Å². The minimum atomic E-state index is -0.231. The molecule has 5 nitrogen and oxygen atoms in total. The molecule has 0 spiro atoms. The van der Waals surface area contributed by atoms with Crippen molar-refractivity contribution in [3.8, 4) is 11.5 Å². The minimum Gasteiger partial charge on any atom is -0.411 e. The van der Waals surface area contributed by atoms with Crippen LogP contribution >= 0.6 is 23.4 Å². The van der Waals surface area contributed by atoms with Crippen LogP contribution in [0.1, 0.15) is 19.8 Å². The zero-order chi connectivity index (χ0) is 15.5. The van der Waals surface area contributed by atoms with E-state index in [1.54, 1.807) is 12.1 Å². The van der Waals surface area contributed by atoms with Gasteiger partial charge < -0.3 is 9.32 Å². The molecule has 0 saturated carbocycles. The summed E-state index contributed by atoms with van der Waals surface area (Å²) in [5.74, 6) is 0.538. The first kappa shape index (κ1) is 15.4. The summed E-state index contributed by atoms with van der Waals surface area (Å²) in [6.45, 7) is 3.57. The lowest BCUT2D eigenvalue weighted by molar-refractivity contribution is -0.129. The van der Waals surface area contributed by atoms with Crippen LogP contribution < -0.4 is 0 Å². The first-order chi connectivity index (χ1) is 10.6. The Kier molecular flexibility index (Phi) is 4.69. The van der Waals surface area contributed by atoms with Gasteiger partial charge in [0.25, 0.3) is 5.22 Å². The Morgan fingerprint density at radius 3 is 2.86 bits per heavy atom. The maximum absolute atomic E-state index is 12.3. The molecular formula is C15H16ClN3O2S. The van der Waals surface area contributed by atoms with E-state index in [9.17, 15) is 4.79 Å². The van der Waals surface area contributed by atoms with Crippen molar-refractivity contribution in [3.63, 3.8) is 0 Å². The monoisotopic (exact) mass is 337 g/mol. The zero-order valence-electron chi connectivity index (χ0n) is 12.2. The smallest absolute Gasteiger partial charge is 0.277 e. The molecule has 1 atom stereocenters. The fourth-order valence-corrected chi connectivity index (χ4v) is 3.35. The summed E-state index contributed by atoms with van der Waals surface area (Å²) in [5.41, 5.74) is 0.769. The standard InChI is InChI=1S/C15H16ClN3O2S/c1-10(14(20)19-7-2-3-8-19)22-15-18-17-13(21-15)11-5-4-6-12(16)9-11/h4-6,9-10H,2-3,7-8H2,1H3. The predicted octanol–water partition coefficient (Wildman–Crippen LogP) is 3.49. The third kappa shape index (κ3) is 3.44. The molecule has 1 aliphatic rings. The second-order valence-corrected chi connectivity index (χ2v) is 6.90. The highest BCUT2D eigenvalue weighted by Gasteiger charge is 2.25. The molecule has 0 N–H and O–H groups in total. The van der Waals surface area contributed by atoms with Crippen LogP contribution in [0, 0.1) is 0 Å². The van der Waals surface area contributed by atoms with E-state index in [4.69, 9.17) is 16.0 Å². The van der Waals surface area contributed by atoms with Crippen molar-refractivity contribution in [2.45, 2.75) is 30.2 Å². The number of thioether (sulfide) groups is 1. The lowest BCUT2D eigenvalue weighted by atomic mass is 10.2. The van der Waals surface area contributed by atoms with Gasteiger partial charge in [-0.15, -0.1) is 10.2 Å². The summed E-state index contributed by atoms with van der Waals surface area (Å²) in [6, 6.07) is 7.23. The van der Waals surface area contributed by atoms with Crippen LogP contribution in [-0.4, -0.2) is 39.3 Å². The fraction of sp³-hybridized carbons (Fsp3) is 0.400. The third-order valence-electron chi connectivity index (χ3n) is 3.52. The lowest BCUT2D eigenvalue weighted by Crippen LogP contribution is -2.34. The highest BCUT2D eigenvalue weighted by atomic mass is 35.5. The van der Waals surface area contributed by atoms with Gasteiger partial charge in [0.1, 0.15) is 0 Å². The van der Waals surface area contributed by atoms with Gasteiger partial charge in [-0.1, -0.05) is 29.4 Å². The highest BCUT2D eigenvalue weighted by Crippen LogP contribution is 2.28. The van der Waals surface area contributed by atoms with Crippen LogP contribution in [0.15, 0.2) is 33.9 Å². The van der Waals surface area contributed by atoms with Crippen LogP contribution in [0.3, 0.4) is 0 Å². The number of likely N-dealkylation sites (tertiary alicyclic amines) is 1. The van der Waals surface area contributed by atoms with Crippen LogP contribution in [-0.2, 0) is 4.79 Å². The van der Waals surface area contributed by atoms with Gasteiger partial charge in [0.2, 0.25) is 11.8 Å². The number of benzene rings is 1. The Morgan fingerprint density at radius 1 is 1.36 bits per heavy atom. The molecule has 0 bridgehead atoms. The number of nitrogens with zero attached hydrogens (tertiary/aromatic N) is 3. The van der Waals surface area contributed by atoms with Gasteiger partial charge in [-0.2, -0.15) is 0 Å². The number of halogens is 1. The molecule has 1 unspecified atom stereocenters. The number of carbonyl (C=O) groups excluding carboxylic acids is 1. The minimum absolute atomic E-state index is 0.130. The third-order valence-corrected chi connectivity index (χ3v) is 4.68. The summed E-state index contributed by atoms with van der Waals surface area (Å²) in [5, 5.41) is 8.80. The van der Waals surface area contributed by atoms with Crippen LogP contribution in [0.25, 0.3) is 11.5 Å². The first-order valence-electron chi connectivity index (χ1n) is 7.18. The van der Waals surface area contributed by atoms with E-state index < -0.39 is 0 Å². The molecule has 1 aromatic heterocycles. The van der Waals surface area contributed by atoms with Crippen molar-refractivity contribution in [1.82, 2.24) is 15.1 Å². The van der Waals surface area contributed by atoms with Crippen molar-refractivity contribution in [2.75, 3.05) is 13.1 Å². The van der Waals surface area contributed by atoms with Gasteiger partial charge in [0.15, 0.2) is 0 Å². The molecule has 0 radical (unpaired) electrons.